The Bertz CT molecular complexity index is 370. The number of amides is 1. The van der Waals surface area contributed by atoms with E-state index < -0.39 is 0 Å². The van der Waals surface area contributed by atoms with Crippen LogP contribution in [0.3, 0.4) is 0 Å². The van der Waals surface area contributed by atoms with Gasteiger partial charge in [-0.2, -0.15) is 0 Å². The number of carbonyl (C=O) groups is 1. The first-order valence-electron chi connectivity index (χ1n) is 4.50. The van der Waals surface area contributed by atoms with Crippen LogP contribution in [0.1, 0.15) is 28.4 Å². The summed E-state index contributed by atoms with van der Waals surface area (Å²) in [7, 11) is 1.62. The molecule has 0 aromatic carbocycles. The second-order valence-electron chi connectivity index (χ2n) is 3.00. The van der Waals surface area contributed by atoms with Crippen molar-refractivity contribution in [1.82, 2.24) is 10.3 Å². The zero-order valence-corrected chi connectivity index (χ0v) is 8.66. The van der Waals surface area contributed by atoms with Crippen molar-refractivity contribution in [2.45, 2.75) is 13.8 Å². The highest BCUT2D eigenvalue weighted by Gasteiger charge is 2.09. The molecule has 0 saturated heterocycles. The van der Waals surface area contributed by atoms with Gasteiger partial charge < -0.3 is 5.32 Å². The molecule has 0 bridgehead atoms. The molecule has 0 atom stereocenters. The lowest BCUT2D eigenvalue weighted by Gasteiger charge is -2.06. The van der Waals surface area contributed by atoms with Crippen molar-refractivity contribution < 1.29 is 4.79 Å². The van der Waals surface area contributed by atoms with Crippen LogP contribution in [0.2, 0.25) is 0 Å². The molecule has 14 heavy (non-hydrogen) atoms. The Morgan fingerprint density at radius 2 is 2.21 bits per heavy atom. The fourth-order valence-corrected chi connectivity index (χ4v) is 1.28. The highest BCUT2D eigenvalue weighted by Crippen LogP contribution is 2.14. The van der Waals surface area contributed by atoms with Crippen LogP contribution in [0.15, 0.2) is 18.5 Å². The summed E-state index contributed by atoms with van der Waals surface area (Å²) < 4.78 is 0. The highest BCUT2D eigenvalue weighted by atomic mass is 16.1. The first-order chi connectivity index (χ1) is 6.70. The Morgan fingerprint density at radius 1 is 1.50 bits per heavy atom. The lowest BCUT2D eigenvalue weighted by atomic mass is 10.0. The van der Waals surface area contributed by atoms with E-state index in [4.69, 9.17) is 0 Å². The summed E-state index contributed by atoms with van der Waals surface area (Å²) in [6.07, 6.45) is 7.17. The minimum atomic E-state index is -0.102. The summed E-state index contributed by atoms with van der Waals surface area (Å²) >= 11 is 0. The number of hydrogen-bond donors (Lipinski definition) is 1. The third-order valence-corrected chi connectivity index (χ3v) is 1.99. The smallest absolute Gasteiger partial charge is 0.253 e. The van der Waals surface area contributed by atoms with E-state index in [0.29, 0.717) is 5.56 Å². The molecule has 3 heteroatoms. The molecule has 1 N–H and O–H groups in total. The average Bonchev–Trinajstić information content (AvgIpc) is 2.20. The minimum absolute atomic E-state index is 0.102. The van der Waals surface area contributed by atoms with E-state index in [1.807, 2.05) is 26.0 Å². The second-order valence-corrected chi connectivity index (χ2v) is 3.00. The van der Waals surface area contributed by atoms with Gasteiger partial charge in [0.25, 0.3) is 5.91 Å². The van der Waals surface area contributed by atoms with E-state index in [1.165, 1.54) is 0 Å². The Labute approximate surface area is 83.9 Å². The number of pyridine rings is 1. The predicted molar refractivity (Wildman–Crippen MR) is 57.1 cm³/mol. The van der Waals surface area contributed by atoms with Crippen molar-refractivity contribution in [2.24, 2.45) is 0 Å². The monoisotopic (exact) mass is 190 g/mol. The summed E-state index contributed by atoms with van der Waals surface area (Å²) in [6, 6.07) is 0. The average molecular weight is 190 g/mol. The Morgan fingerprint density at radius 3 is 2.79 bits per heavy atom. The molecule has 1 aromatic rings. The van der Waals surface area contributed by atoms with Crippen LogP contribution in [0.25, 0.3) is 6.08 Å². The highest BCUT2D eigenvalue weighted by molar-refractivity contribution is 5.97. The van der Waals surface area contributed by atoms with Gasteiger partial charge in [0.1, 0.15) is 0 Å². The molecular weight excluding hydrogens is 176 g/mol. The predicted octanol–water partition coefficient (Wildman–Crippen LogP) is 1.78. The molecule has 0 saturated carbocycles. The fourth-order valence-electron chi connectivity index (χ4n) is 1.28. The summed E-state index contributed by atoms with van der Waals surface area (Å²) in [5, 5.41) is 2.59. The van der Waals surface area contributed by atoms with Crippen molar-refractivity contribution in [2.75, 3.05) is 7.05 Å². The van der Waals surface area contributed by atoms with Gasteiger partial charge in [0.2, 0.25) is 0 Å². The normalized spacial score (nSPS) is 10.5. The van der Waals surface area contributed by atoms with E-state index in [1.54, 1.807) is 19.4 Å². The topological polar surface area (TPSA) is 42.0 Å². The molecule has 0 radical (unpaired) electrons. The molecule has 74 valence electrons. The van der Waals surface area contributed by atoms with Crippen LogP contribution < -0.4 is 5.32 Å². The van der Waals surface area contributed by atoms with E-state index in [0.717, 1.165) is 11.1 Å². The number of aryl methyl sites for hydroxylation is 1. The summed E-state index contributed by atoms with van der Waals surface area (Å²) in [4.78, 5) is 15.5. The van der Waals surface area contributed by atoms with E-state index in [9.17, 15) is 4.79 Å². The molecule has 3 nitrogen and oxygen atoms in total. The van der Waals surface area contributed by atoms with Crippen molar-refractivity contribution in [3.8, 4) is 0 Å². The standard InChI is InChI=1S/C11H14N2O/c1-4-5-9-8(2)6-13-7-10(9)11(14)12-3/h4-7H,1-3H3,(H,12,14)/b5-4-. The largest absolute Gasteiger partial charge is 0.355 e. The SMILES string of the molecule is C/C=C\c1c(C)cncc1C(=O)NC. The third kappa shape index (κ3) is 1.99. The number of aromatic nitrogens is 1. The van der Waals surface area contributed by atoms with Gasteiger partial charge in [-0.3, -0.25) is 9.78 Å². The van der Waals surface area contributed by atoms with Gasteiger partial charge in [-0.25, -0.2) is 0 Å². The van der Waals surface area contributed by atoms with Crippen LogP contribution in [0.4, 0.5) is 0 Å². The molecule has 1 rings (SSSR count). The first-order valence-corrected chi connectivity index (χ1v) is 4.50. The quantitative estimate of drug-likeness (QED) is 0.772. The molecular formula is C11H14N2O. The maximum Gasteiger partial charge on any atom is 0.253 e. The van der Waals surface area contributed by atoms with Gasteiger partial charge in [-0.1, -0.05) is 12.2 Å². The number of carbonyl (C=O) groups excluding carboxylic acids is 1. The first kappa shape index (κ1) is 10.4. The maximum absolute atomic E-state index is 11.5. The van der Waals surface area contributed by atoms with Gasteiger partial charge in [0.05, 0.1) is 5.56 Å². The van der Waals surface area contributed by atoms with Crippen molar-refractivity contribution in [1.29, 1.82) is 0 Å². The molecule has 1 amide bonds. The molecule has 0 unspecified atom stereocenters. The van der Waals surface area contributed by atoms with Crippen molar-refractivity contribution in [3.63, 3.8) is 0 Å². The van der Waals surface area contributed by atoms with E-state index >= 15 is 0 Å². The minimum Gasteiger partial charge on any atom is -0.355 e. The van der Waals surface area contributed by atoms with Crippen LogP contribution in [0.5, 0.6) is 0 Å². The second kappa shape index (κ2) is 4.56. The third-order valence-electron chi connectivity index (χ3n) is 1.99. The zero-order chi connectivity index (χ0) is 10.6. The molecule has 1 heterocycles. The van der Waals surface area contributed by atoms with Gasteiger partial charge in [0.15, 0.2) is 0 Å². The Hall–Kier alpha value is -1.64. The van der Waals surface area contributed by atoms with Gasteiger partial charge in [-0.15, -0.1) is 0 Å². The zero-order valence-electron chi connectivity index (χ0n) is 8.66. The van der Waals surface area contributed by atoms with Gasteiger partial charge in [0, 0.05) is 19.4 Å². The van der Waals surface area contributed by atoms with Crippen molar-refractivity contribution >= 4 is 12.0 Å². The molecule has 1 aromatic heterocycles. The lowest BCUT2D eigenvalue weighted by molar-refractivity contribution is 0.0962. The van der Waals surface area contributed by atoms with Crippen LogP contribution >= 0.6 is 0 Å². The van der Waals surface area contributed by atoms with Gasteiger partial charge in [-0.05, 0) is 25.0 Å². The van der Waals surface area contributed by atoms with Crippen LogP contribution in [0, 0.1) is 6.92 Å². The molecule has 0 aliphatic heterocycles. The summed E-state index contributed by atoms with van der Waals surface area (Å²) in [6.45, 7) is 3.86. The van der Waals surface area contributed by atoms with E-state index in [2.05, 4.69) is 10.3 Å². The number of allylic oxidation sites excluding steroid dienone is 1. The molecule has 0 fully saturated rings. The van der Waals surface area contributed by atoms with Crippen molar-refractivity contribution in [3.05, 3.63) is 35.2 Å². The number of nitrogens with one attached hydrogen (secondary N) is 1. The number of hydrogen-bond acceptors (Lipinski definition) is 2. The maximum atomic E-state index is 11.5. The van der Waals surface area contributed by atoms with Crippen LogP contribution in [-0.4, -0.2) is 17.9 Å². The number of nitrogens with zero attached hydrogens (tertiary/aromatic N) is 1. The molecule has 0 aliphatic carbocycles. The van der Waals surface area contributed by atoms with Gasteiger partial charge >= 0.3 is 0 Å². The number of rotatable bonds is 2. The summed E-state index contributed by atoms with van der Waals surface area (Å²) in [5.74, 6) is -0.102. The summed E-state index contributed by atoms with van der Waals surface area (Å²) in [5.41, 5.74) is 2.55. The Kier molecular flexibility index (Phi) is 3.40. The fraction of sp³-hybridized carbons (Fsp3) is 0.273. The van der Waals surface area contributed by atoms with Crippen LogP contribution in [-0.2, 0) is 0 Å². The Balaban J connectivity index is 3.27. The van der Waals surface area contributed by atoms with E-state index in [-0.39, 0.29) is 5.91 Å². The molecule has 0 aliphatic rings. The molecule has 0 spiro atoms. The lowest BCUT2D eigenvalue weighted by Crippen LogP contribution is -2.19.